The lowest BCUT2D eigenvalue weighted by atomic mass is 9.94. The minimum absolute atomic E-state index is 0.0862. The number of methoxy groups -OCH3 is 1. The smallest absolute Gasteiger partial charge is 0.226 e. The highest BCUT2D eigenvalue weighted by atomic mass is 16.5. The molecule has 2 saturated heterocycles. The molecule has 24 heavy (non-hydrogen) atoms. The van der Waals surface area contributed by atoms with Crippen LogP contribution in [0.2, 0.25) is 0 Å². The maximum absolute atomic E-state index is 12.9. The van der Waals surface area contributed by atoms with Gasteiger partial charge < -0.3 is 14.5 Å². The molecule has 5 heteroatoms. The minimum atomic E-state index is -0.139. The molecule has 0 aromatic heterocycles. The number of hydrogen-bond acceptors (Lipinski definition) is 3. The van der Waals surface area contributed by atoms with Gasteiger partial charge in [0.1, 0.15) is 5.75 Å². The standard InChI is InChI=1S/C19H26N2O3/c1-20-10-8-15(13-18(20)22)19(23)21-9-4-6-16(21)11-14-5-3-7-17(12-14)24-2/h3,5,7,12,15-16H,4,6,8-11,13H2,1-2H3/t15-,16+/m0/s1. The first-order valence-electron chi connectivity index (χ1n) is 8.76. The molecule has 3 rings (SSSR count). The predicted octanol–water partition coefficient (Wildman–Crippen LogP) is 2.10. The van der Waals surface area contributed by atoms with Crippen molar-refractivity contribution in [3.63, 3.8) is 0 Å². The summed E-state index contributed by atoms with van der Waals surface area (Å²) in [4.78, 5) is 28.6. The monoisotopic (exact) mass is 330 g/mol. The van der Waals surface area contributed by atoms with Gasteiger partial charge in [-0.1, -0.05) is 12.1 Å². The summed E-state index contributed by atoms with van der Waals surface area (Å²) in [5, 5.41) is 0. The van der Waals surface area contributed by atoms with Crippen LogP contribution < -0.4 is 4.74 Å². The number of likely N-dealkylation sites (tertiary alicyclic amines) is 2. The van der Waals surface area contributed by atoms with Crippen LogP contribution in [0.3, 0.4) is 0 Å². The molecule has 2 aliphatic heterocycles. The fourth-order valence-electron chi connectivity index (χ4n) is 3.80. The van der Waals surface area contributed by atoms with Crippen molar-refractivity contribution in [2.75, 3.05) is 27.2 Å². The number of nitrogens with zero attached hydrogens (tertiary/aromatic N) is 2. The Kier molecular flexibility index (Phi) is 5.07. The molecule has 2 atom stereocenters. The quantitative estimate of drug-likeness (QED) is 0.849. The lowest BCUT2D eigenvalue weighted by Gasteiger charge is -2.33. The summed E-state index contributed by atoms with van der Waals surface area (Å²) in [5.41, 5.74) is 1.19. The molecule has 2 fully saturated rings. The van der Waals surface area contributed by atoms with Crippen molar-refractivity contribution in [3.8, 4) is 5.75 Å². The van der Waals surface area contributed by atoms with Crippen LogP contribution in [-0.4, -0.2) is 54.9 Å². The van der Waals surface area contributed by atoms with Crippen molar-refractivity contribution in [2.24, 2.45) is 5.92 Å². The van der Waals surface area contributed by atoms with Crippen molar-refractivity contribution in [2.45, 2.75) is 38.1 Å². The zero-order valence-electron chi connectivity index (χ0n) is 14.5. The molecule has 0 bridgehead atoms. The van der Waals surface area contributed by atoms with Gasteiger partial charge in [0.15, 0.2) is 0 Å². The highest BCUT2D eigenvalue weighted by Crippen LogP contribution is 2.27. The summed E-state index contributed by atoms with van der Waals surface area (Å²) in [6, 6.07) is 8.29. The average molecular weight is 330 g/mol. The van der Waals surface area contributed by atoms with Crippen LogP contribution in [0.1, 0.15) is 31.2 Å². The van der Waals surface area contributed by atoms with E-state index in [9.17, 15) is 9.59 Å². The molecule has 0 saturated carbocycles. The first-order chi connectivity index (χ1) is 11.6. The number of benzene rings is 1. The van der Waals surface area contributed by atoms with Gasteiger partial charge in [-0.3, -0.25) is 9.59 Å². The second-order valence-electron chi connectivity index (χ2n) is 6.89. The third-order valence-corrected chi connectivity index (χ3v) is 5.27. The van der Waals surface area contributed by atoms with Crippen molar-refractivity contribution in [3.05, 3.63) is 29.8 Å². The maximum atomic E-state index is 12.9. The number of rotatable bonds is 4. The molecule has 2 aliphatic rings. The van der Waals surface area contributed by atoms with Gasteiger partial charge >= 0.3 is 0 Å². The van der Waals surface area contributed by atoms with Gasteiger partial charge in [-0.05, 0) is 43.4 Å². The summed E-state index contributed by atoms with van der Waals surface area (Å²) in [7, 11) is 3.48. The van der Waals surface area contributed by atoms with E-state index in [4.69, 9.17) is 4.74 Å². The van der Waals surface area contributed by atoms with E-state index in [1.54, 1.807) is 12.0 Å². The Balaban J connectivity index is 1.66. The largest absolute Gasteiger partial charge is 0.497 e. The van der Waals surface area contributed by atoms with E-state index in [1.165, 1.54) is 5.56 Å². The Morgan fingerprint density at radius 3 is 2.88 bits per heavy atom. The van der Waals surface area contributed by atoms with Gasteiger partial charge in [0.25, 0.3) is 0 Å². The number of hydrogen-bond donors (Lipinski definition) is 0. The number of ether oxygens (including phenoxy) is 1. The first kappa shape index (κ1) is 16.8. The summed E-state index contributed by atoms with van der Waals surface area (Å²) in [6.07, 6.45) is 4.06. The van der Waals surface area contributed by atoms with Gasteiger partial charge in [-0.2, -0.15) is 0 Å². The Labute approximate surface area is 143 Å². The van der Waals surface area contributed by atoms with Gasteiger partial charge in [0.2, 0.25) is 11.8 Å². The summed E-state index contributed by atoms with van der Waals surface area (Å²) in [5.74, 6) is 0.967. The number of carbonyl (C=O) groups excluding carboxylic acids is 2. The first-order valence-corrected chi connectivity index (χ1v) is 8.76. The van der Waals surface area contributed by atoms with E-state index >= 15 is 0 Å². The average Bonchev–Trinajstić information content (AvgIpc) is 3.05. The fourth-order valence-corrected chi connectivity index (χ4v) is 3.80. The number of amides is 2. The van der Waals surface area contributed by atoms with E-state index in [0.29, 0.717) is 13.0 Å². The zero-order valence-corrected chi connectivity index (χ0v) is 14.5. The lowest BCUT2D eigenvalue weighted by Crippen LogP contribution is -2.45. The zero-order chi connectivity index (χ0) is 17.1. The van der Waals surface area contributed by atoms with Crippen LogP contribution in [-0.2, 0) is 16.0 Å². The van der Waals surface area contributed by atoms with Crippen molar-refractivity contribution in [1.82, 2.24) is 9.80 Å². The summed E-state index contributed by atoms with van der Waals surface area (Å²) in [6.45, 7) is 1.50. The van der Waals surface area contributed by atoms with E-state index in [-0.39, 0.29) is 23.8 Å². The van der Waals surface area contributed by atoms with Gasteiger partial charge in [0, 0.05) is 38.5 Å². The van der Waals surface area contributed by atoms with Gasteiger partial charge in [0.05, 0.1) is 7.11 Å². The molecular formula is C19H26N2O3. The highest BCUT2D eigenvalue weighted by molar-refractivity contribution is 5.87. The molecule has 130 valence electrons. The van der Waals surface area contributed by atoms with Crippen LogP contribution in [0.5, 0.6) is 5.75 Å². The summed E-state index contributed by atoms with van der Waals surface area (Å²) >= 11 is 0. The van der Waals surface area contributed by atoms with E-state index < -0.39 is 0 Å². The molecule has 5 nitrogen and oxygen atoms in total. The van der Waals surface area contributed by atoms with Crippen LogP contribution in [0.25, 0.3) is 0 Å². The summed E-state index contributed by atoms with van der Waals surface area (Å²) < 4.78 is 5.29. The van der Waals surface area contributed by atoms with Crippen LogP contribution in [0.15, 0.2) is 24.3 Å². The Morgan fingerprint density at radius 2 is 2.12 bits per heavy atom. The van der Waals surface area contributed by atoms with E-state index in [2.05, 4.69) is 6.07 Å². The number of carbonyl (C=O) groups is 2. The van der Waals surface area contributed by atoms with Crippen LogP contribution >= 0.6 is 0 Å². The van der Waals surface area contributed by atoms with E-state index in [0.717, 1.165) is 38.0 Å². The lowest BCUT2D eigenvalue weighted by molar-refractivity contribution is -0.144. The third-order valence-electron chi connectivity index (χ3n) is 5.27. The fraction of sp³-hybridized carbons (Fsp3) is 0.579. The van der Waals surface area contributed by atoms with Gasteiger partial charge in [-0.15, -0.1) is 0 Å². The van der Waals surface area contributed by atoms with Crippen LogP contribution in [0, 0.1) is 5.92 Å². The molecular weight excluding hydrogens is 304 g/mol. The van der Waals surface area contributed by atoms with Crippen molar-refractivity contribution < 1.29 is 14.3 Å². The van der Waals surface area contributed by atoms with E-state index in [1.807, 2.05) is 30.1 Å². The SMILES string of the molecule is COc1cccc(C[C@H]2CCCN2C(=O)[C@H]2CCN(C)C(=O)C2)c1. The molecule has 0 aliphatic carbocycles. The number of piperidine rings is 1. The Morgan fingerprint density at radius 1 is 1.29 bits per heavy atom. The molecule has 1 aromatic carbocycles. The molecule has 0 spiro atoms. The highest BCUT2D eigenvalue weighted by Gasteiger charge is 2.36. The predicted molar refractivity (Wildman–Crippen MR) is 91.8 cm³/mol. The van der Waals surface area contributed by atoms with Crippen molar-refractivity contribution in [1.29, 1.82) is 0 Å². The molecule has 1 aromatic rings. The Bertz CT molecular complexity index is 616. The third kappa shape index (κ3) is 3.55. The molecule has 0 radical (unpaired) electrons. The maximum Gasteiger partial charge on any atom is 0.226 e. The topological polar surface area (TPSA) is 49.9 Å². The molecule has 0 unspecified atom stereocenters. The second-order valence-corrected chi connectivity index (χ2v) is 6.89. The van der Waals surface area contributed by atoms with Crippen LogP contribution in [0.4, 0.5) is 0 Å². The molecule has 0 N–H and O–H groups in total. The Hall–Kier alpha value is -2.04. The van der Waals surface area contributed by atoms with Gasteiger partial charge in [-0.25, -0.2) is 0 Å². The molecule has 2 amide bonds. The second kappa shape index (κ2) is 7.24. The van der Waals surface area contributed by atoms with Crippen molar-refractivity contribution >= 4 is 11.8 Å². The normalized spacial score (nSPS) is 24.3. The molecule has 2 heterocycles. The minimum Gasteiger partial charge on any atom is -0.497 e.